The molecule has 0 spiro atoms. The summed E-state index contributed by atoms with van der Waals surface area (Å²) in [6, 6.07) is 10.1. The Morgan fingerprint density at radius 2 is 1.79 bits per heavy atom. The van der Waals surface area contributed by atoms with Crippen molar-refractivity contribution in [3.63, 3.8) is 0 Å². The van der Waals surface area contributed by atoms with Crippen molar-refractivity contribution in [2.45, 2.75) is 18.7 Å². The van der Waals surface area contributed by atoms with E-state index < -0.39 is 29.3 Å². The first kappa shape index (κ1) is 22.5. The van der Waals surface area contributed by atoms with E-state index in [0.717, 1.165) is 19.2 Å². The number of esters is 1. The minimum atomic E-state index is -5.30. The quantitative estimate of drug-likeness (QED) is 0.692. The second-order valence-corrected chi connectivity index (χ2v) is 6.37. The van der Waals surface area contributed by atoms with Gasteiger partial charge in [0.05, 0.1) is 7.11 Å². The van der Waals surface area contributed by atoms with Gasteiger partial charge in [-0.3, -0.25) is 4.90 Å². The Labute approximate surface area is 169 Å². The van der Waals surface area contributed by atoms with Crippen LogP contribution in [0.5, 0.6) is 0 Å². The lowest BCUT2D eigenvalue weighted by molar-refractivity contribution is -0.266. The van der Waals surface area contributed by atoms with Crippen LogP contribution in [0.15, 0.2) is 48.5 Å². The Morgan fingerprint density at radius 1 is 1.17 bits per heavy atom. The first-order valence-electron chi connectivity index (χ1n) is 8.36. The molecule has 0 saturated carbocycles. The molecule has 2 rings (SSSR count). The molecule has 156 valence electrons. The molecule has 0 unspecified atom stereocenters. The molecular formula is C19H18ClF3N2O4. The van der Waals surface area contributed by atoms with Gasteiger partial charge in [0.2, 0.25) is 0 Å². The van der Waals surface area contributed by atoms with Crippen molar-refractivity contribution in [1.29, 1.82) is 0 Å². The number of methoxy groups -OCH3 is 1. The third-order valence-corrected chi connectivity index (χ3v) is 4.36. The smallest absolute Gasteiger partial charge is 0.432 e. The topological polar surface area (TPSA) is 78.9 Å². The van der Waals surface area contributed by atoms with Crippen LogP contribution in [0.2, 0.25) is 5.02 Å². The molecule has 0 aromatic heterocycles. The largest absolute Gasteiger partial charge is 0.466 e. The number of hydrogen-bond donors (Lipinski definition) is 2. The summed E-state index contributed by atoms with van der Waals surface area (Å²) >= 11 is 5.87. The van der Waals surface area contributed by atoms with E-state index in [1.54, 1.807) is 25.1 Å². The fraction of sp³-hybridized carbons (Fsp3) is 0.263. The molecular weight excluding hydrogens is 413 g/mol. The minimum absolute atomic E-state index is 0.201. The molecule has 0 saturated heterocycles. The van der Waals surface area contributed by atoms with Gasteiger partial charge in [-0.25, -0.2) is 9.59 Å². The monoisotopic (exact) mass is 430 g/mol. The lowest BCUT2D eigenvalue weighted by Crippen LogP contribution is -2.49. The van der Waals surface area contributed by atoms with Crippen molar-refractivity contribution in [1.82, 2.24) is 0 Å². The summed E-state index contributed by atoms with van der Waals surface area (Å²) in [4.78, 5) is 25.4. The molecule has 0 radical (unpaired) electrons. The first-order valence-corrected chi connectivity index (χ1v) is 8.74. The average molecular weight is 431 g/mol. The zero-order valence-electron chi connectivity index (χ0n) is 15.5. The van der Waals surface area contributed by atoms with Crippen LogP contribution in [-0.2, 0) is 15.1 Å². The molecule has 0 bridgehead atoms. The Hall–Kier alpha value is -2.78. The molecule has 1 atom stereocenters. The van der Waals surface area contributed by atoms with Crippen molar-refractivity contribution in [2.24, 2.45) is 0 Å². The zero-order valence-corrected chi connectivity index (χ0v) is 16.2. The van der Waals surface area contributed by atoms with Gasteiger partial charge < -0.3 is 15.2 Å². The lowest BCUT2D eigenvalue weighted by atomic mass is 9.93. The number of nitrogens with one attached hydrogen (secondary N) is 1. The van der Waals surface area contributed by atoms with Crippen LogP contribution in [0.25, 0.3) is 0 Å². The molecule has 0 heterocycles. The number of anilines is 2. The fourth-order valence-corrected chi connectivity index (χ4v) is 2.82. The third kappa shape index (κ3) is 4.63. The Morgan fingerprint density at radius 3 is 2.28 bits per heavy atom. The number of hydrogen-bond acceptors (Lipinski definition) is 4. The second-order valence-electron chi connectivity index (χ2n) is 5.93. The molecule has 0 fully saturated rings. The molecule has 2 aromatic carbocycles. The van der Waals surface area contributed by atoms with E-state index in [1.807, 2.05) is 0 Å². The highest BCUT2D eigenvalue weighted by Crippen LogP contribution is 2.40. The van der Waals surface area contributed by atoms with Crippen LogP contribution in [0.4, 0.5) is 29.3 Å². The lowest BCUT2D eigenvalue weighted by Gasteiger charge is -2.28. The number of benzene rings is 2. The van der Waals surface area contributed by atoms with Gasteiger partial charge in [-0.2, -0.15) is 13.2 Å². The predicted octanol–water partition coefficient (Wildman–Crippen LogP) is 4.32. The maximum atomic E-state index is 13.3. The summed E-state index contributed by atoms with van der Waals surface area (Å²) in [5.74, 6) is -1.86. The van der Waals surface area contributed by atoms with Gasteiger partial charge in [0, 0.05) is 28.5 Å². The van der Waals surface area contributed by atoms with Crippen molar-refractivity contribution in [3.8, 4) is 0 Å². The molecule has 2 aromatic rings. The Kier molecular flexibility index (Phi) is 6.76. The molecule has 0 aliphatic rings. The molecule has 29 heavy (non-hydrogen) atoms. The van der Waals surface area contributed by atoms with E-state index in [1.165, 1.54) is 23.1 Å². The fourth-order valence-electron chi connectivity index (χ4n) is 2.63. The van der Waals surface area contributed by atoms with Crippen molar-refractivity contribution in [3.05, 3.63) is 59.1 Å². The van der Waals surface area contributed by atoms with Gasteiger partial charge in [0.15, 0.2) is 0 Å². The Balaban J connectivity index is 2.31. The summed E-state index contributed by atoms with van der Waals surface area (Å²) in [7, 11) is 0.742. The number of aliphatic hydroxyl groups is 1. The maximum absolute atomic E-state index is 13.3. The standard InChI is InChI=1S/C19H18ClF3N2O4/c1-3-25(17(27)24-14-6-4-5-13(20)11-14)15-9-7-12(8-10-15)18(28,16(26)29-2)19(21,22)23/h4-11,28H,3H2,1-2H3,(H,24,27)/t18-/m1/s1. The van der Waals surface area contributed by atoms with Crippen LogP contribution >= 0.6 is 11.6 Å². The summed E-state index contributed by atoms with van der Waals surface area (Å²) in [6.07, 6.45) is -5.30. The number of carbonyl (C=O) groups excluding carboxylic acids is 2. The zero-order chi connectivity index (χ0) is 21.8. The minimum Gasteiger partial charge on any atom is -0.466 e. The predicted molar refractivity (Wildman–Crippen MR) is 102 cm³/mol. The van der Waals surface area contributed by atoms with E-state index in [2.05, 4.69) is 10.1 Å². The Bertz CT molecular complexity index is 890. The number of ether oxygens (including phenoxy) is 1. The first-order chi connectivity index (χ1) is 13.5. The van der Waals surface area contributed by atoms with Crippen LogP contribution in [-0.4, -0.2) is 36.9 Å². The van der Waals surface area contributed by atoms with Gasteiger partial charge in [-0.15, -0.1) is 0 Å². The number of rotatable bonds is 5. The molecule has 0 aliphatic carbocycles. The summed E-state index contributed by atoms with van der Waals surface area (Å²) < 4.78 is 44.1. The van der Waals surface area contributed by atoms with Gasteiger partial charge in [-0.05, 0) is 37.3 Å². The highest BCUT2D eigenvalue weighted by Gasteiger charge is 2.62. The number of carbonyl (C=O) groups is 2. The molecule has 10 heteroatoms. The van der Waals surface area contributed by atoms with Gasteiger partial charge in [-0.1, -0.05) is 29.8 Å². The third-order valence-electron chi connectivity index (χ3n) is 4.13. The maximum Gasteiger partial charge on any atom is 0.432 e. The number of amides is 2. The van der Waals surface area contributed by atoms with Gasteiger partial charge in [0.25, 0.3) is 5.60 Å². The van der Waals surface area contributed by atoms with Crippen LogP contribution in [0.1, 0.15) is 12.5 Å². The second kappa shape index (κ2) is 8.71. The number of alkyl halides is 3. The number of halogens is 4. The summed E-state index contributed by atoms with van der Waals surface area (Å²) in [5.41, 5.74) is -3.85. The van der Waals surface area contributed by atoms with E-state index in [-0.39, 0.29) is 12.2 Å². The molecule has 2 N–H and O–H groups in total. The van der Waals surface area contributed by atoms with E-state index in [9.17, 15) is 27.9 Å². The average Bonchev–Trinajstić information content (AvgIpc) is 2.67. The van der Waals surface area contributed by atoms with Crippen molar-refractivity contribution < 1.29 is 32.6 Å². The molecule has 0 aliphatic heterocycles. The van der Waals surface area contributed by atoms with Gasteiger partial charge in [0.1, 0.15) is 0 Å². The van der Waals surface area contributed by atoms with Crippen LogP contribution < -0.4 is 10.2 Å². The summed E-state index contributed by atoms with van der Waals surface area (Å²) in [5, 5.41) is 13.0. The van der Waals surface area contributed by atoms with E-state index in [0.29, 0.717) is 10.7 Å². The van der Waals surface area contributed by atoms with Crippen molar-refractivity contribution >= 4 is 35.0 Å². The summed E-state index contributed by atoms with van der Waals surface area (Å²) in [6.45, 7) is 1.87. The van der Waals surface area contributed by atoms with Gasteiger partial charge >= 0.3 is 18.2 Å². The van der Waals surface area contributed by atoms with E-state index >= 15 is 0 Å². The normalized spacial score (nSPS) is 13.3. The van der Waals surface area contributed by atoms with Crippen molar-refractivity contribution in [2.75, 3.05) is 23.9 Å². The highest BCUT2D eigenvalue weighted by molar-refractivity contribution is 6.30. The number of nitrogens with zero attached hydrogens (tertiary/aromatic N) is 1. The SMILES string of the molecule is CCN(C(=O)Nc1cccc(Cl)c1)c1ccc([C@@](O)(C(=O)OC)C(F)(F)F)cc1. The van der Waals surface area contributed by atoms with E-state index in [4.69, 9.17) is 11.6 Å². The van der Waals surface area contributed by atoms with Crippen LogP contribution in [0.3, 0.4) is 0 Å². The molecule has 2 amide bonds. The highest BCUT2D eigenvalue weighted by atomic mass is 35.5. The van der Waals surface area contributed by atoms with Crippen LogP contribution in [0, 0.1) is 0 Å². The number of urea groups is 1. The molecule has 6 nitrogen and oxygen atoms in total.